The molecule has 0 aliphatic carbocycles. The van der Waals surface area contributed by atoms with Crippen molar-refractivity contribution in [2.24, 2.45) is 5.73 Å². The Labute approximate surface area is 85.1 Å². The molecule has 0 bridgehead atoms. The molecule has 1 aliphatic heterocycles. The lowest BCUT2D eigenvalue weighted by Gasteiger charge is -2.23. The summed E-state index contributed by atoms with van der Waals surface area (Å²) in [7, 11) is 0. The Morgan fingerprint density at radius 2 is 2.21 bits per heavy atom. The number of aliphatic hydroxyl groups is 1. The van der Waals surface area contributed by atoms with E-state index in [-0.39, 0.29) is 5.91 Å². The molecule has 0 spiro atoms. The first-order valence-corrected chi connectivity index (χ1v) is 4.99. The minimum absolute atomic E-state index is 0.0373. The summed E-state index contributed by atoms with van der Waals surface area (Å²) in [5, 5.41) is 9.69. The standard InChI is InChI=1S/C10H20N2O2/c1-9(2,11)6-8(13)12-5-4-10(3,14)7-12/h14H,4-7,11H2,1-3H3. The molecule has 14 heavy (non-hydrogen) atoms. The minimum Gasteiger partial charge on any atom is -0.388 e. The van der Waals surface area contributed by atoms with Crippen LogP contribution in [0.4, 0.5) is 0 Å². The van der Waals surface area contributed by atoms with Crippen molar-refractivity contribution >= 4 is 5.91 Å². The van der Waals surface area contributed by atoms with Crippen molar-refractivity contribution in [2.75, 3.05) is 13.1 Å². The first-order chi connectivity index (χ1) is 6.20. The van der Waals surface area contributed by atoms with E-state index < -0.39 is 11.1 Å². The van der Waals surface area contributed by atoms with Gasteiger partial charge in [-0.25, -0.2) is 0 Å². The molecule has 1 unspecified atom stereocenters. The predicted molar refractivity (Wildman–Crippen MR) is 54.7 cm³/mol. The van der Waals surface area contributed by atoms with Gasteiger partial charge in [-0.05, 0) is 27.2 Å². The SMILES string of the molecule is CC(C)(N)CC(=O)N1CCC(C)(O)C1. The average Bonchev–Trinajstić information content (AvgIpc) is 2.26. The number of β-amino-alcohol motifs (C(OH)–C–C–N with tert-alkyl or cyclic N) is 1. The maximum Gasteiger partial charge on any atom is 0.224 e. The van der Waals surface area contributed by atoms with Gasteiger partial charge >= 0.3 is 0 Å². The number of hydrogen-bond donors (Lipinski definition) is 2. The fraction of sp³-hybridized carbons (Fsp3) is 0.900. The Morgan fingerprint density at radius 1 is 1.64 bits per heavy atom. The second kappa shape index (κ2) is 3.51. The van der Waals surface area contributed by atoms with Gasteiger partial charge in [-0.3, -0.25) is 4.79 Å². The number of carbonyl (C=O) groups is 1. The minimum atomic E-state index is -0.714. The molecular formula is C10H20N2O2. The quantitative estimate of drug-likeness (QED) is 0.664. The summed E-state index contributed by atoms with van der Waals surface area (Å²) in [5.74, 6) is 0.0373. The fourth-order valence-electron chi connectivity index (χ4n) is 1.66. The normalized spacial score (nSPS) is 28.2. The van der Waals surface area contributed by atoms with Gasteiger partial charge in [0.2, 0.25) is 5.91 Å². The van der Waals surface area contributed by atoms with Crippen molar-refractivity contribution in [1.82, 2.24) is 4.90 Å². The van der Waals surface area contributed by atoms with Crippen molar-refractivity contribution in [3.8, 4) is 0 Å². The molecule has 4 nitrogen and oxygen atoms in total. The molecular weight excluding hydrogens is 180 g/mol. The van der Waals surface area contributed by atoms with Gasteiger partial charge in [0.1, 0.15) is 0 Å². The van der Waals surface area contributed by atoms with Crippen LogP contribution in [-0.4, -0.2) is 40.1 Å². The first kappa shape index (κ1) is 11.5. The summed E-state index contributed by atoms with van der Waals surface area (Å²) < 4.78 is 0. The molecule has 1 amide bonds. The van der Waals surface area contributed by atoms with Gasteiger partial charge in [-0.15, -0.1) is 0 Å². The summed E-state index contributed by atoms with van der Waals surface area (Å²) >= 11 is 0. The van der Waals surface area contributed by atoms with Gasteiger partial charge < -0.3 is 15.7 Å². The molecule has 0 radical (unpaired) electrons. The fourth-order valence-corrected chi connectivity index (χ4v) is 1.66. The molecule has 0 aromatic heterocycles. The zero-order chi connectivity index (χ0) is 11.0. The molecule has 1 atom stereocenters. The number of likely N-dealkylation sites (tertiary alicyclic amines) is 1. The molecule has 82 valence electrons. The van der Waals surface area contributed by atoms with Crippen molar-refractivity contribution in [3.63, 3.8) is 0 Å². The van der Waals surface area contributed by atoms with Gasteiger partial charge in [-0.2, -0.15) is 0 Å². The maximum atomic E-state index is 11.7. The number of nitrogens with zero attached hydrogens (tertiary/aromatic N) is 1. The van der Waals surface area contributed by atoms with E-state index in [0.717, 1.165) is 0 Å². The number of hydrogen-bond acceptors (Lipinski definition) is 3. The van der Waals surface area contributed by atoms with Crippen LogP contribution in [0.25, 0.3) is 0 Å². The van der Waals surface area contributed by atoms with Crippen LogP contribution < -0.4 is 5.73 Å². The molecule has 1 heterocycles. The Kier molecular flexibility index (Phi) is 2.88. The molecule has 0 aromatic rings. The lowest BCUT2D eigenvalue weighted by atomic mass is 10.0. The smallest absolute Gasteiger partial charge is 0.224 e. The van der Waals surface area contributed by atoms with Gasteiger partial charge in [0.25, 0.3) is 0 Å². The third kappa shape index (κ3) is 3.27. The zero-order valence-electron chi connectivity index (χ0n) is 9.21. The van der Waals surface area contributed by atoms with E-state index in [2.05, 4.69) is 0 Å². The van der Waals surface area contributed by atoms with Crippen LogP contribution in [-0.2, 0) is 4.79 Å². The average molecular weight is 200 g/mol. The van der Waals surface area contributed by atoms with Crippen molar-refractivity contribution < 1.29 is 9.90 Å². The maximum absolute atomic E-state index is 11.7. The highest BCUT2D eigenvalue weighted by Crippen LogP contribution is 2.21. The third-order valence-electron chi connectivity index (χ3n) is 2.41. The summed E-state index contributed by atoms with van der Waals surface area (Å²) in [5.41, 5.74) is 4.58. The van der Waals surface area contributed by atoms with Crippen LogP contribution in [0.5, 0.6) is 0 Å². The zero-order valence-corrected chi connectivity index (χ0v) is 9.21. The number of carbonyl (C=O) groups excluding carboxylic acids is 1. The molecule has 0 saturated carbocycles. The first-order valence-electron chi connectivity index (χ1n) is 4.99. The van der Waals surface area contributed by atoms with Crippen LogP contribution in [0, 0.1) is 0 Å². The van der Waals surface area contributed by atoms with E-state index in [1.54, 1.807) is 11.8 Å². The van der Waals surface area contributed by atoms with Crippen LogP contribution in [0.1, 0.15) is 33.6 Å². The van der Waals surface area contributed by atoms with Gasteiger partial charge in [-0.1, -0.05) is 0 Å². The van der Waals surface area contributed by atoms with E-state index in [1.807, 2.05) is 13.8 Å². The third-order valence-corrected chi connectivity index (χ3v) is 2.41. The van der Waals surface area contributed by atoms with Crippen LogP contribution in [0.2, 0.25) is 0 Å². The number of nitrogens with two attached hydrogens (primary N) is 1. The molecule has 4 heteroatoms. The molecule has 0 aromatic carbocycles. The monoisotopic (exact) mass is 200 g/mol. The number of rotatable bonds is 2. The van der Waals surface area contributed by atoms with Gasteiger partial charge in [0.15, 0.2) is 0 Å². The summed E-state index contributed by atoms with van der Waals surface area (Å²) in [6.07, 6.45) is 0.993. The van der Waals surface area contributed by atoms with E-state index in [0.29, 0.717) is 25.9 Å². The molecule has 1 saturated heterocycles. The van der Waals surface area contributed by atoms with E-state index in [4.69, 9.17) is 5.73 Å². The van der Waals surface area contributed by atoms with Gasteiger partial charge in [0, 0.05) is 25.0 Å². The van der Waals surface area contributed by atoms with E-state index in [1.165, 1.54) is 0 Å². The molecule has 1 fully saturated rings. The Bertz CT molecular complexity index is 231. The molecule has 3 N–H and O–H groups in total. The summed E-state index contributed by atoms with van der Waals surface area (Å²) in [4.78, 5) is 13.4. The number of amides is 1. The van der Waals surface area contributed by atoms with Crippen LogP contribution >= 0.6 is 0 Å². The van der Waals surface area contributed by atoms with E-state index >= 15 is 0 Å². The molecule has 1 rings (SSSR count). The second-order valence-corrected chi connectivity index (χ2v) is 5.23. The molecule has 1 aliphatic rings. The van der Waals surface area contributed by atoms with E-state index in [9.17, 15) is 9.90 Å². The lowest BCUT2D eigenvalue weighted by molar-refractivity contribution is -0.132. The highest BCUT2D eigenvalue weighted by atomic mass is 16.3. The predicted octanol–water partition coefficient (Wildman–Crippen LogP) is 0.0971. The largest absolute Gasteiger partial charge is 0.388 e. The highest BCUT2D eigenvalue weighted by molar-refractivity contribution is 5.77. The Morgan fingerprint density at radius 3 is 2.57 bits per heavy atom. The second-order valence-electron chi connectivity index (χ2n) is 5.23. The topological polar surface area (TPSA) is 66.6 Å². The van der Waals surface area contributed by atoms with Crippen LogP contribution in [0.15, 0.2) is 0 Å². The Hall–Kier alpha value is -0.610. The lowest BCUT2D eigenvalue weighted by Crippen LogP contribution is -2.41. The highest BCUT2D eigenvalue weighted by Gasteiger charge is 2.34. The van der Waals surface area contributed by atoms with Crippen molar-refractivity contribution in [2.45, 2.75) is 44.8 Å². The van der Waals surface area contributed by atoms with Gasteiger partial charge in [0.05, 0.1) is 5.60 Å². The Balaban J connectivity index is 2.48. The summed E-state index contributed by atoms with van der Waals surface area (Å²) in [6.45, 7) is 6.50. The van der Waals surface area contributed by atoms with Crippen LogP contribution in [0.3, 0.4) is 0 Å². The van der Waals surface area contributed by atoms with Crippen molar-refractivity contribution in [3.05, 3.63) is 0 Å². The summed E-state index contributed by atoms with van der Waals surface area (Å²) in [6, 6.07) is 0. The van der Waals surface area contributed by atoms with Crippen molar-refractivity contribution in [1.29, 1.82) is 0 Å².